The van der Waals surface area contributed by atoms with E-state index >= 15 is 0 Å². The number of benzene rings is 3. The summed E-state index contributed by atoms with van der Waals surface area (Å²) >= 11 is 0. The number of carbonyl (C=O) groups is 1. The first-order chi connectivity index (χ1) is 16.3. The molecule has 0 radical (unpaired) electrons. The number of methoxy groups -OCH3 is 2. The van der Waals surface area contributed by atoms with E-state index in [1.807, 2.05) is 42.5 Å². The van der Waals surface area contributed by atoms with Crippen molar-refractivity contribution >= 4 is 17.3 Å². The van der Waals surface area contributed by atoms with Gasteiger partial charge in [-0.05, 0) is 35.2 Å². The summed E-state index contributed by atoms with van der Waals surface area (Å²) in [6.07, 6.45) is 0.502. The lowest BCUT2D eigenvalue weighted by atomic mass is 9.87. The van der Waals surface area contributed by atoms with E-state index in [1.165, 1.54) is 7.11 Å². The molecule has 174 valence electrons. The van der Waals surface area contributed by atoms with Crippen LogP contribution in [0, 0.1) is 20.2 Å². The summed E-state index contributed by atoms with van der Waals surface area (Å²) < 4.78 is 10.9. The Morgan fingerprint density at radius 3 is 2.06 bits per heavy atom. The second-order valence-corrected chi connectivity index (χ2v) is 7.72. The Hall–Kier alpha value is -4.47. The van der Waals surface area contributed by atoms with E-state index < -0.39 is 33.2 Å². The summed E-state index contributed by atoms with van der Waals surface area (Å²) in [6.45, 7) is 0.303. The van der Waals surface area contributed by atoms with Crippen molar-refractivity contribution in [3.8, 4) is 11.5 Å². The molecule has 10 nitrogen and oxygen atoms in total. The standard InChI is InChI=1S/C24H21N3O7/c1-33-21-12-16-8-9-25(23(15-6-4-3-5-7-15)20(16)14-22(21)34-2)24(28)17-10-18(26(29)30)13-19(11-17)27(31)32/h3-7,10-14,23H,8-9H2,1-2H3/t23-/m0/s1. The fourth-order valence-electron chi connectivity index (χ4n) is 4.25. The zero-order chi connectivity index (χ0) is 24.4. The number of nitro groups is 2. The number of hydrogen-bond donors (Lipinski definition) is 0. The molecule has 4 rings (SSSR count). The smallest absolute Gasteiger partial charge is 0.277 e. The molecule has 10 heteroatoms. The quantitative estimate of drug-likeness (QED) is 0.394. The lowest BCUT2D eigenvalue weighted by Crippen LogP contribution is -2.40. The average molecular weight is 463 g/mol. The van der Waals surface area contributed by atoms with Gasteiger partial charge in [0.2, 0.25) is 0 Å². The van der Waals surface area contributed by atoms with Gasteiger partial charge in [0.1, 0.15) is 0 Å². The monoisotopic (exact) mass is 463 g/mol. The van der Waals surface area contributed by atoms with Crippen molar-refractivity contribution in [1.29, 1.82) is 0 Å². The summed E-state index contributed by atoms with van der Waals surface area (Å²) in [5, 5.41) is 22.7. The second kappa shape index (κ2) is 9.18. The first-order valence-corrected chi connectivity index (χ1v) is 10.4. The first-order valence-electron chi connectivity index (χ1n) is 10.4. The van der Waals surface area contributed by atoms with Gasteiger partial charge in [-0.3, -0.25) is 25.0 Å². The highest BCUT2D eigenvalue weighted by atomic mass is 16.6. The van der Waals surface area contributed by atoms with Crippen molar-refractivity contribution in [3.63, 3.8) is 0 Å². The van der Waals surface area contributed by atoms with E-state index in [4.69, 9.17) is 9.47 Å². The van der Waals surface area contributed by atoms with E-state index in [0.29, 0.717) is 24.5 Å². The Bertz CT molecular complexity index is 1240. The van der Waals surface area contributed by atoms with Crippen LogP contribution in [0.1, 0.15) is 33.1 Å². The van der Waals surface area contributed by atoms with Crippen LogP contribution in [0.5, 0.6) is 11.5 Å². The van der Waals surface area contributed by atoms with Gasteiger partial charge in [-0.15, -0.1) is 0 Å². The Morgan fingerprint density at radius 1 is 0.912 bits per heavy atom. The van der Waals surface area contributed by atoms with Crippen molar-refractivity contribution in [2.24, 2.45) is 0 Å². The number of hydrogen-bond acceptors (Lipinski definition) is 7. The van der Waals surface area contributed by atoms with Crippen LogP contribution in [0.2, 0.25) is 0 Å². The topological polar surface area (TPSA) is 125 Å². The van der Waals surface area contributed by atoms with E-state index in [2.05, 4.69) is 0 Å². The molecule has 0 fully saturated rings. The number of carbonyl (C=O) groups excluding carboxylic acids is 1. The Labute approximate surface area is 194 Å². The van der Waals surface area contributed by atoms with Gasteiger partial charge < -0.3 is 14.4 Å². The molecule has 0 N–H and O–H groups in total. The molecule has 0 aromatic heterocycles. The maximum atomic E-state index is 13.6. The summed E-state index contributed by atoms with van der Waals surface area (Å²) in [6, 6.07) is 15.5. The summed E-state index contributed by atoms with van der Waals surface area (Å²) in [5.74, 6) is 0.533. The third-order valence-corrected chi connectivity index (χ3v) is 5.82. The van der Waals surface area contributed by atoms with Gasteiger partial charge in [0.25, 0.3) is 17.3 Å². The Kier molecular flexibility index (Phi) is 6.13. The molecule has 0 spiro atoms. The van der Waals surface area contributed by atoms with E-state index in [1.54, 1.807) is 12.0 Å². The molecule has 1 aliphatic heterocycles. The van der Waals surface area contributed by atoms with Gasteiger partial charge >= 0.3 is 0 Å². The third kappa shape index (κ3) is 4.13. The molecule has 0 aliphatic carbocycles. The molecule has 1 aliphatic rings. The van der Waals surface area contributed by atoms with Crippen LogP contribution in [-0.4, -0.2) is 41.4 Å². The van der Waals surface area contributed by atoms with Crippen molar-refractivity contribution in [3.05, 3.63) is 103 Å². The van der Waals surface area contributed by atoms with Crippen molar-refractivity contribution < 1.29 is 24.1 Å². The molecule has 0 saturated heterocycles. The molecule has 34 heavy (non-hydrogen) atoms. The van der Waals surface area contributed by atoms with Crippen LogP contribution in [0.15, 0.2) is 60.7 Å². The first kappa shape index (κ1) is 22.7. The molecule has 0 unspecified atom stereocenters. The fourth-order valence-corrected chi connectivity index (χ4v) is 4.25. The van der Waals surface area contributed by atoms with Gasteiger partial charge in [-0.25, -0.2) is 0 Å². The molecule has 1 atom stereocenters. The molecule has 3 aromatic rings. The largest absolute Gasteiger partial charge is 0.493 e. The molecular weight excluding hydrogens is 442 g/mol. The lowest BCUT2D eigenvalue weighted by Gasteiger charge is -2.38. The highest BCUT2D eigenvalue weighted by Crippen LogP contribution is 2.41. The maximum Gasteiger partial charge on any atom is 0.277 e. The second-order valence-electron chi connectivity index (χ2n) is 7.72. The normalized spacial score (nSPS) is 14.8. The maximum absolute atomic E-state index is 13.6. The predicted molar refractivity (Wildman–Crippen MR) is 122 cm³/mol. The summed E-state index contributed by atoms with van der Waals surface area (Å²) in [4.78, 5) is 36.4. The highest BCUT2D eigenvalue weighted by molar-refractivity contribution is 5.96. The minimum atomic E-state index is -0.749. The predicted octanol–water partition coefficient (Wildman–Crippen LogP) is 4.31. The summed E-state index contributed by atoms with van der Waals surface area (Å²) in [7, 11) is 3.07. The number of rotatable bonds is 6. The SMILES string of the molecule is COc1cc2c(cc1OC)[C@H](c1ccccc1)N(C(=O)c1cc([N+](=O)[O-])cc([N+](=O)[O-])c1)CC2. The minimum absolute atomic E-state index is 0.120. The van der Waals surface area contributed by atoms with Crippen LogP contribution < -0.4 is 9.47 Å². The highest BCUT2D eigenvalue weighted by Gasteiger charge is 2.35. The van der Waals surface area contributed by atoms with E-state index in [-0.39, 0.29) is 5.56 Å². The molecular formula is C24H21N3O7. The lowest BCUT2D eigenvalue weighted by molar-refractivity contribution is -0.394. The molecule has 3 aromatic carbocycles. The number of ether oxygens (including phenoxy) is 2. The van der Waals surface area contributed by atoms with Crippen LogP contribution in [-0.2, 0) is 6.42 Å². The van der Waals surface area contributed by atoms with Crippen LogP contribution in [0.4, 0.5) is 11.4 Å². The number of amides is 1. The minimum Gasteiger partial charge on any atom is -0.493 e. The van der Waals surface area contributed by atoms with Crippen molar-refractivity contribution in [2.45, 2.75) is 12.5 Å². The Morgan fingerprint density at radius 2 is 1.50 bits per heavy atom. The zero-order valence-corrected chi connectivity index (χ0v) is 18.5. The number of nitrogens with zero attached hydrogens (tertiary/aromatic N) is 3. The number of non-ortho nitro benzene ring substituents is 2. The van der Waals surface area contributed by atoms with Crippen LogP contribution >= 0.6 is 0 Å². The van der Waals surface area contributed by atoms with Crippen LogP contribution in [0.3, 0.4) is 0 Å². The zero-order valence-electron chi connectivity index (χ0n) is 18.5. The van der Waals surface area contributed by atoms with Gasteiger partial charge in [0.05, 0.1) is 41.7 Å². The average Bonchev–Trinajstić information content (AvgIpc) is 2.86. The number of fused-ring (bicyclic) bond motifs is 1. The van der Waals surface area contributed by atoms with E-state index in [0.717, 1.165) is 34.9 Å². The molecule has 1 heterocycles. The Balaban J connectivity index is 1.86. The van der Waals surface area contributed by atoms with Gasteiger partial charge in [0.15, 0.2) is 11.5 Å². The van der Waals surface area contributed by atoms with Crippen molar-refractivity contribution in [2.75, 3.05) is 20.8 Å². The third-order valence-electron chi connectivity index (χ3n) is 5.82. The van der Waals surface area contributed by atoms with Gasteiger partial charge in [-0.2, -0.15) is 0 Å². The molecule has 1 amide bonds. The van der Waals surface area contributed by atoms with Gasteiger partial charge in [-0.1, -0.05) is 30.3 Å². The van der Waals surface area contributed by atoms with Crippen LogP contribution in [0.25, 0.3) is 0 Å². The van der Waals surface area contributed by atoms with E-state index in [9.17, 15) is 25.0 Å². The number of nitro benzene ring substituents is 2. The van der Waals surface area contributed by atoms with Gasteiger partial charge in [0, 0.05) is 18.7 Å². The molecule has 0 bridgehead atoms. The fraction of sp³-hybridized carbons (Fsp3) is 0.208. The van der Waals surface area contributed by atoms with Crippen molar-refractivity contribution in [1.82, 2.24) is 4.90 Å². The summed E-state index contributed by atoms with van der Waals surface area (Å²) in [5.41, 5.74) is 1.47. The molecule has 0 saturated carbocycles.